The first-order valence-electron chi connectivity index (χ1n) is 5.84. The van der Waals surface area contributed by atoms with Gasteiger partial charge in [-0.3, -0.25) is 9.59 Å². The van der Waals surface area contributed by atoms with Gasteiger partial charge in [-0.2, -0.15) is 0 Å². The third-order valence-electron chi connectivity index (χ3n) is 2.95. The number of likely N-dealkylation sites (tertiary alicyclic amines) is 1. The molecule has 3 N–H and O–H groups in total. The summed E-state index contributed by atoms with van der Waals surface area (Å²) < 4.78 is 0. The summed E-state index contributed by atoms with van der Waals surface area (Å²) in [6.07, 6.45) is 2.90. The van der Waals surface area contributed by atoms with Crippen molar-refractivity contribution in [2.45, 2.75) is 25.7 Å². The van der Waals surface area contributed by atoms with E-state index in [9.17, 15) is 9.59 Å². The lowest BCUT2D eigenvalue weighted by atomic mass is 9.94. The smallest absolute Gasteiger partial charge is 0.223 e. The molecule has 1 atom stereocenters. The van der Waals surface area contributed by atoms with Crippen LogP contribution in [0.4, 0.5) is 0 Å². The molecule has 0 spiro atoms. The van der Waals surface area contributed by atoms with Crippen molar-refractivity contribution in [3.8, 4) is 0 Å². The zero-order valence-electron chi connectivity index (χ0n) is 9.87. The number of nitrogens with two attached hydrogens (primary N) is 1. The van der Waals surface area contributed by atoms with Crippen LogP contribution in [-0.4, -0.2) is 43.4 Å². The van der Waals surface area contributed by atoms with Gasteiger partial charge in [0.05, 0.1) is 0 Å². The normalized spacial score (nSPS) is 20.8. The van der Waals surface area contributed by atoms with E-state index < -0.39 is 0 Å². The van der Waals surface area contributed by atoms with Gasteiger partial charge in [0.1, 0.15) is 0 Å². The Balaban J connectivity index is 2.37. The average Bonchev–Trinajstić information content (AvgIpc) is 2.25. The summed E-state index contributed by atoms with van der Waals surface area (Å²) in [5, 5.41) is 2.96. The van der Waals surface area contributed by atoms with Crippen molar-refractivity contribution in [1.82, 2.24) is 10.2 Å². The fourth-order valence-corrected chi connectivity index (χ4v) is 2.13. The van der Waals surface area contributed by atoms with Crippen molar-refractivity contribution >= 4 is 11.8 Å². The monoisotopic (exact) mass is 227 g/mol. The summed E-state index contributed by atoms with van der Waals surface area (Å²) >= 11 is 0. The summed E-state index contributed by atoms with van der Waals surface area (Å²) in [6.45, 7) is 2.21. The quantitative estimate of drug-likeness (QED) is 0.677. The number of hydrogen-bond donors (Lipinski definition) is 2. The van der Waals surface area contributed by atoms with Crippen LogP contribution in [0, 0.1) is 5.92 Å². The van der Waals surface area contributed by atoms with Gasteiger partial charge in [0.2, 0.25) is 11.8 Å². The van der Waals surface area contributed by atoms with Crippen molar-refractivity contribution in [1.29, 1.82) is 0 Å². The Bertz CT molecular complexity index is 256. The van der Waals surface area contributed by atoms with E-state index in [1.54, 1.807) is 0 Å². The second-order valence-electron chi connectivity index (χ2n) is 4.37. The van der Waals surface area contributed by atoms with E-state index in [0.717, 1.165) is 19.4 Å². The van der Waals surface area contributed by atoms with E-state index >= 15 is 0 Å². The fourth-order valence-electron chi connectivity index (χ4n) is 2.13. The summed E-state index contributed by atoms with van der Waals surface area (Å²) in [5.41, 5.74) is 5.17. The number of hydrogen-bond acceptors (Lipinski definition) is 3. The van der Waals surface area contributed by atoms with E-state index in [1.165, 1.54) is 0 Å². The third-order valence-corrected chi connectivity index (χ3v) is 2.95. The van der Waals surface area contributed by atoms with Gasteiger partial charge < -0.3 is 16.0 Å². The number of nitrogens with zero attached hydrogens (tertiary/aromatic N) is 1. The van der Waals surface area contributed by atoms with Crippen molar-refractivity contribution in [2.75, 3.05) is 26.7 Å². The molecule has 0 aromatic carbocycles. The third kappa shape index (κ3) is 4.18. The van der Waals surface area contributed by atoms with Gasteiger partial charge in [0.15, 0.2) is 0 Å². The zero-order chi connectivity index (χ0) is 12.0. The number of carbonyl (C=O) groups is 2. The van der Waals surface area contributed by atoms with Crippen LogP contribution >= 0.6 is 0 Å². The summed E-state index contributed by atoms with van der Waals surface area (Å²) in [5.74, 6) is 0.155. The molecule has 1 heterocycles. The SMILES string of the molecule is CNCCC(=O)N1CCCC(CC(N)=O)C1. The average molecular weight is 227 g/mol. The zero-order valence-corrected chi connectivity index (χ0v) is 9.87. The lowest BCUT2D eigenvalue weighted by molar-refractivity contribution is -0.133. The maximum Gasteiger partial charge on any atom is 0.223 e. The highest BCUT2D eigenvalue weighted by molar-refractivity contribution is 5.77. The Morgan fingerprint density at radius 1 is 1.50 bits per heavy atom. The van der Waals surface area contributed by atoms with Crippen molar-refractivity contribution in [3.63, 3.8) is 0 Å². The van der Waals surface area contributed by atoms with Gasteiger partial charge in [-0.05, 0) is 25.8 Å². The maximum atomic E-state index is 11.8. The second-order valence-corrected chi connectivity index (χ2v) is 4.37. The van der Waals surface area contributed by atoms with E-state index in [4.69, 9.17) is 5.73 Å². The van der Waals surface area contributed by atoms with Crippen LogP contribution in [0.2, 0.25) is 0 Å². The largest absolute Gasteiger partial charge is 0.370 e. The van der Waals surface area contributed by atoms with Crippen LogP contribution in [0.1, 0.15) is 25.7 Å². The molecule has 92 valence electrons. The van der Waals surface area contributed by atoms with Gasteiger partial charge in [-0.1, -0.05) is 0 Å². The molecule has 1 saturated heterocycles. The number of piperidine rings is 1. The predicted octanol–water partition coefficient (Wildman–Crippen LogP) is -0.290. The van der Waals surface area contributed by atoms with Crippen LogP contribution in [-0.2, 0) is 9.59 Å². The number of amides is 2. The summed E-state index contributed by atoms with van der Waals surface area (Å²) in [6, 6.07) is 0. The van der Waals surface area contributed by atoms with Crippen molar-refractivity contribution < 1.29 is 9.59 Å². The Morgan fingerprint density at radius 3 is 2.88 bits per heavy atom. The lowest BCUT2D eigenvalue weighted by Gasteiger charge is -2.32. The van der Waals surface area contributed by atoms with Gasteiger partial charge in [-0.25, -0.2) is 0 Å². The van der Waals surface area contributed by atoms with Gasteiger partial charge >= 0.3 is 0 Å². The molecule has 0 aromatic heterocycles. The molecule has 2 amide bonds. The highest BCUT2D eigenvalue weighted by Gasteiger charge is 2.24. The maximum absolute atomic E-state index is 11.8. The van der Waals surface area contributed by atoms with Gasteiger partial charge in [-0.15, -0.1) is 0 Å². The Hall–Kier alpha value is -1.10. The first-order chi connectivity index (χ1) is 7.63. The lowest BCUT2D eigenvalue weighted by Crippen LogP contribution is -2.41. The molecule has 1 aliphatic rings. The standard InChI is InChI=1S/C11H21N3O2/c1-13-5-4-11(16)14-6-2-3-9(8-14)7-10(12)15/h9,13H,2-8H2,1H3,(H2,12,15). The van der Waals surface area contributed by atoms with Gasteiger partial charge in [0, 0.05) is 32.5 Å². The summed E-state index contributed by atoms with van der Waals surface area (Å²) in [7, 11) is 1.83. The van der Waals surface area contributed by atoms with Crippen molar-refractivity contribution in [3.05, 3.63) is 0 Å². The number of nitrogens with one attached hydrogen (secondary N) is 1. The molecule has 5 heteroatoms. The minimum Gasteiger partial charge on any atom is -0.370 e. The predicted molar refractivity (Wildman–Crippen MR) is 61.7 cm³/mol. The molecule has 1 fully saturated rings. The van der Waals surface area contributed by atoms with Gasteiger partial charge in [0.25, 0.3) is 0 Å². The minimum absolute atomic E-state index is 0.170. The molecule has 0 saturated carbocycles. The molecule has 1 aliphatic heterocycles. The Kier molecular flexibility index (Phi) is 5.25. The molecule has 0 aliphatic carbocycles. The first kappa shape index (κ1) is 13.0. The number of rotatable bonds is 5. The Labute approximate surface area is 96.4 Å². The molecule has 0 aromatic rings. The van der Waals surface area contributed by atoms with E-state index in [1.807, 2.05) is 11.9 Å². The van der Waals surface area contributed by atoms with Crippen LogP contribution in [0.3, 0.4) is 0 Å². The molecule has 1 unspecified atom stereocenters. The van der Waals surface area contributed by atoms with Crippen molar-refractivity contribution in [2.24, 2.45) is 11.7 Å². The molecule has 0 bridgehead atoms. The fraction of sp³-hybridized carbons (Fsp3) is 0.818. The van der Waals surface area contributed by atoms with E-state index in [2.05, 4.69) is 5.32 Å². The first-order valence-corrected chi connectivity index (χ1v) is 5.84. The van der Waals surface area contributed by atoms with Crippen LogP contribution in [0.5, 0.6) is 0 Å². The van der Waals surface area contributed by atoms with E-state index in [0.29, 0.717) is 25.9 Å². The topological polar surface area (TPSA) is 75.4 Å². The highest BCUT2D eigenvalue weighted by atomic mass is 16.2. The summed E-state index contributed by atoms with van der Waals surface area (Å²) in [4.78, 5) is 24.4. The van der Waals surface area contributed by atoms with Crippen LogP contribution in [0.25, 0.3) is 0 Å². The second kappa shape index (κ2) is 6.48. The Morgan fingerprint density at radius 2 is 2.25 bits per heavy atom. The molecule has 1 rings (SSSR count). The number of carbonyl (C=O) groups excluding carboxylic acids is 2. The molecule has 0 radical (unpaired) electrons. The molecular formula is C11H21N3O2. The highest BCUT2D eigenvalue weighted by Crippen LogP contribution is 2.19. The molecular weight excluding hydrogens is 206 g/mol. The minimum atomic E-state index is -0.269. The van der Waals surface area contributed by atoms with Crippen LogP contribution in [0.15, 0.2) is 0 Å². The van der Waals surface area contributed by atoms with E-state index in [-0.39, 0.29) is 17.7 Å². The molecule has 5 nitrogen and oxygen atoms in total. The van der Waals surface area contributed by atoms with Crippen LogP contribution < -0.4 is 11.1 Å². The number of primary amides is 1. The molecule has 16 heavy (non-hydrogen) atoms.